The van der Waals surface area contributed by atoms with E-state index < -0.39 is 5.25 Å². The summed E-state index contributed by atoms with van der Waals surface area (Å²) in [5.74, 6) is 0.388. The molecule has 0 aliphatic heterocycles. The maximum absolute atomic E-state index is 13.2. The highest BCUT2D eigenvalue weighted by atomic mass is 32.2. The minimum absolute atomic E-state index is 0.121. The number of benzene rings is 3. The second-order valence-corrected chi connectivity index (χ2v) is 9.08. The predicted octanol–water partition coefficient (Wildman–Crippen LogP) is 5.36. The Morgan fingerprint density at radius 3 is 2.24 bits per heavy atom. The molecule has 7 heteroatoms. The number of halogens is 1. The lowest BCUT2D eigenvalue weighted by atomic mass is 10.1. The number of carbonyl (C=O) groups excluding carboxylic acids is 1. The average molecular weight is 461 g/mol. The van der Waals surface area contributed by atoms with Crippen LogP contribution < -0.4 is 5.32 Å². The molecule has 0 fully saturated rings. The molecule has 2 unspecified atom stereocenters. The molecule has 1 heterocycles. The minimum Gasteiger partial charge on any atom is -0.349 e. The van der Waals surface area contributed by atoms with Gasteiger partial charge in [0.15, 0.2) is 5.16 Å². The number of amides is 1. The lowest BCUT2D eigenvalue weighted by Crippen LogP contribution is -2.33. The molecule has 4 aromatic rings. The fourth-order valence-electron chi connectivity index (χ4n) is 3.48. The third-order valence-corrected chi connectivity index (χ3v) is 6.34. The second kappa shape index (κ2) is 10.4. The van der Waals surface area contributed by atoms with Gasteiger partial charge in [0.2, 0.25) is 5.91 Å². The van der Waals surface area contributed by atoms with Crippen LogP contribution in [0.4, 0.5) is 4.39 Å². The molecule has 1 aromatic heterocycles. The maximum atomic E-state index is 13.2. The molecule has 0 bridgehead atoms. The van der Waals surface area contributed by atoms with Crippen molar-refractivity contribution in [1.82, 2.24) is 20.1 Å². The summed E-state index contributed by atoms with van der Waals surface area (Å²) >= 11 is 1.36. The Bertz CT molecular complexity index is 1200. The summed E-state index contributed by atoms with van der Waals surface area (Å²) in [5.41, 5.74) is 2.93. The summed E-state index contributed by atoms with van der Waals surface area (Å²) in [7, 11) is 0. The van der Waals surface area contributed by atoms with Gasteiger partial charge in [-0.05, 0) is 49.2 Å². The lowest BCUT2D eigenvalue weighted by Gasteiger charge is -2.18. The molecule has 3 aromatic carbocycles. The number of para-hydroxylation sites is 1. The summed E-state index contributed by atoms with van der Waals surface area (Å²) in [4.78, 5) is 12.9. The highest BCUT2D eigenvalue weighted by Crippen LogP contribution is 2.27. The van der Waals surface area contributed by atoms with Crippen LogP contribution in [-0.4, -0.2) is 25.9 Å². The van der Waals surface area contributed by atoms with Gasteiger partial charge in [0, 0.05) is 12.1 Å². The molecular weight excluding hydrogens is 435 g/mol. The normalized spacial score (nSPS) is 12.8. The van der Waals surface area contributed by atoms with Crippen LogP contribution in [0.1, 0.15) is 36.8 Å². The van der Waals surface area contributed by atoms with E-state index in [4.69, 9.17) is 0 Å². The van der Waals surface area contributed by atoms with E-state index in [0.29, 0.717) is 11.6 Å². The van der Waals surface area contributed by atoms with Crippen molar-refractivity contribution in [1.29, 1.82) is 0 Å². The molecule has 0 radical (unpaired) electrons. The zero-order valence-corrected chi connectivity index (χ0v) is 19.3. The summed E-state index contributed by atoms with van der Waals surface area (Å²) in [5, 5.41) is 12.1. The van der Waals surface area contributed by atoms with Gasteiger partial charge >= 0.3 is 0 Å². The summed E-state index contributed by atoms with van der Waals surface area (Å²) < 4.78 is 15.2. The number of hydrogen-bond acceptors (Lipinski definition) is 4. The van der Waals surface area contributed by atoms with Crippen molar-refractivity contribution in [2.24, 2.45) is 0 Å². The third-order valence-electron chi connectivity index (χ3n) is 5.30. The monoisotopic (exact) mass is 460 g/mol. The fraction of sp³-hybridized carbons (Fsp3) is 0.192. The number of carbonyl (C=O) groups is 1. The van der Waals surface area contributed by atoms with Gasteiger partial charge in [-0.25, -0.2) is 4.39 Å². The van der Waals surface area contributed by atoms with Crippen LogP contribution in [0.5, 0.6) is 0 Å². The van der Waals surface area contributed by atoms with E-state index in [1.807, 2.05) is 66.9 Å². The molecule has 0 saturated heterocycles. The van der Waals surface area contributed by atoms with E-state index in [1.54, 1.807) is 12.1 Å². The van der Waals surface area contributed by atoms with Crippen LogP contribution in [0.25, 0.3) is 5.69 Å². The SMILES string of the molecule is CC(Sc1nnc(Cc2ccccc2)n1-c1ccccc1)C(=O)NC(C)c1ccc(F)cc1. The molecule has 33 heavy (non-hydrogen) atoms. The number of nitrogens with zero attached hydrogens (tertiary/aromatic N) is 3. The molecule has 168 valence electrons. The van der Waals surface area contributed by atoms with Crippen LogP contribution in [-0.2, 0) is 11.2 Å². The van der Waals surface area contributed by atoms with Crippen LogP contribution in [0.15, 0.2) is 90.1 Å². The number of rotatable bonds is 8. The Labute approximate surface area is 197 Å². The topological polar surface area (TPSA) is 59.8 Å². The first-order chi connectivity index (χ1) is 16.0. The van der Waals surface area contributed by atoms with Crippen molar-refractivity contribution < 1.29 is 9.18 Å². The Hall–Kier alpha value is -3.45. The van der Waals surface area contributed by atoms with Crippen molar-refractivity contribution in [3.8, 4) is 5.69 Å². The molecule has 0 spiro atoms. The Balaban J connectivity index is 1.53. The largest absolute Gasteiger partial charge is 0.349 e. The zero-order chi connectivity index (χ0) is 23.2. The van der Waals surface area contributed by atoms with Crippen molar-refractivity contribution >= 4 is 17.7 Å². The number of aromatic nitrogens is 3. The van der Waals surface area contributed by atoms with E-state index in [9.17, 15) is 9.18 Å². The first kappa shape index (κ1) is 22.7. The molecule has 5 nitrogen and oxygen atoms in total. The highest BCUT2D eigenvalue weighted by Gasteiger charge is 2.22. The minimum atomic E-state index is -0.399. The van der Waals surface area contributed by atoms with Gasteiger partial charge in [0.1, 0.15) is 11.6 Å². The highest BCUT2D eigenvalue weighted by molar-refractivity contribution is 8.00. The molecule has 0 saturated carbocycles. The first-order valence-corrected chi connectivity index (χ1v) is 11.7. The number of thioether (sulfide) groups is 1. The Morgan fingerprint density at radius 2 is 1.58 bits per heavy atom. The first-order valence-electron chi connectivity index (χ1n) is 10.8. The maximum Gasteiger partial charge on any atom is 0.233 e. The van der Waals surface area contributed by atoms with Gasteiger partial charge in [-0.2, -0.15) is 0 Å². The van der Waals surface area contributed by atoms with Crippen LogP contribution in [0.3, 0.4) is 0 Å². The summed E-state index contributed by atoms with van der Waals surface area (Å²) in [6, 6.07) is 25.9. The van der Waals surface area contributed by atoms with Crippen LogP contribution >= 0.6 is 11.8 Å². The van der Waals surface area contributed by atoms with E-state index in [0.717, 1.165) is 22.6 Å². The zero-order valence-electron chi connectivity index (χ0n) is 18.5. The summed E-state index contributed by atoms with van der Waals surface area (Å²) in [6.07, 6.45) is 0.630. The van der Waals surface area contributed by atoms with Crippen molar-refractivity contribution in [3.05, 3.63) is 108 Å². The van der Waals surface area contributed by atoms with Gasteiger partial charge in [0.05, 0.1) is 11.3 Å². The van der Waals surface area contributed by atoms with E-state index >= 15 is 0 Å². The van der Waals surface area contributed by atoms with Gasteiger partial charge in [0.25, 0.3) is 0 Å². The summed E-state index contributed by atoms with van der Waals surface area (Å²) in [6.45, 7) is 3.73. The van der Waals surface area contributed by atoms with Gasteiger partial charge in [-0.15, -0.1) is 10.2 Å². The molecular formula is C26H25FN4OS. The van der Waals surface area contributed by atoms with E-state index in [1.165, 1.54) is 23.9 Å². The predicted molar refractivity (Wildman–Crippen MR) is 129 cm³/mol. The molecule has 0 aliphatic carbocycles. The second-order valence-electron chi connectivity index (χ2n) is 7.77. The molecule has 4 rings (SSSR count). The molecule has 1 amide bonds. The Kier molecular flexibility index (Phi) is 7.19. The third kappa shape index (κ3) is 5.68. The van der Waals surface area contributed by atoms with Crippen molar-refractivity contribution in [2.45, 2.75) is 36.7 Å². The number of hydrogen-bond donors (Lipinski definition) is 1. The smallest absolute Gasteiger partial charge is 0.233 e. The van der Waals surface area contributed by atoms with Crippen molar-refractivity contribution in [2.75, 3.05) is 0 Å². The lowest BCUT2D eigenvalue weighted by molar-refractivity contribution is -0.120. The number of nitrogens with one attached hydrogen (secondary N) is 1. The van der Waals surface area contributed by atoms with Crippen LogP contribution in [0.2, 0.25) is 0 Å². The fourth-order valence-corrected chi connectivity index (χ4v) is 4.38. The van der Waals surface area contributed by atoms with Gasteiger partial charge < -0.3 is 5.32 Å². The molecule has 1 N–H and O–H groups in total. The van der Waals surface area contributed by atoms with Crippen molar-refractivity contribution in [3.63, 3.8) is 0 Å². The average Bonchev–Trinajstić information content (AvgIpc) is 3.22. The quantitative estimate of drug-likeness (QED) is 0.360. The standard InChI is InChI=1S/C26H25FN4OS/c1-18(21-13-15-22(27)16-14-21)28-25(32)19(2)33-26-30-29-24(17-20-9-5-3-6-10-20)31(26)23-11-7-4-8-12-23/h3-16,18-19H,17H2,1-2H3,(H,28,32). The van der Waals surface area contributed by atoms with E-state index in [-0.39, 0.29) is 17.8 Å². The molecule has 0 aliphatic rings. The molecule has 2 atom stereocenters. The van der Waals surface area contributed by atoms with Gasteiger partial charge in [-0.1, -0.05) is 72.4 Å². The Morgan fingerprint density at radius 1 is 0.939 bits per heavy atom. The van der Waals surface area contributed by atoms with Gasteiger partial charge in [-0.3, -0.25) is 9.36 Å². The van der Waals surface area contributed by atoms with Crippen LogP contribution in [0, 0.1) is 5.82 Å². The van der Waals surface area contributed by atoms with E-state index in [2.05, 4.69) is 27.6 Å².